The van der Waals surface area contributed by atoms with Gasteiger partial charge in [-0.05, 0) is 42.5 Å². The maximum atomic E-state index is 13.4. The molecule has 0 aliphatic carbocycles. The summed E-state index contributed by atoms with van der Waals surface area (Å²) < 4.78 is 1.97. The summed E-state index contributed by atoms with van der Waals surface area (Å²) in [5.74, 6) is 1.04. The number of aryl methyl sites for hydroxylation is 3. The summed E-state index contributed by atoms with van der Waals surface area (Å²) in [6, 6.07) is 16.5. The lowest BCUT2D eigenvalue weighted by Gasteiger charge is -2.25. The van der Waals surface area contributed by atoms with Crippen molar-refractivity contribution in [2.75, 3.05) is 4.90 Å². The summed E-state index contributed by atoms with van der Waals surface area (Å²) in [7, 11) is 0. The van der Waals surface area contributed by atoms with Crippen molar-refractivity contribution < 1.29 is 4.79 Å². The van der Waals surface area contributed by atoms with Crippen molar-refractivity contribution >= 4 is 17.3 Å². The SMILES string of the molecule is CCCc1nccn1CC(=O)N1c2ccccc2CCc2ccccc21. The van der Waals surface area contributed by atoms with Gasteiger partial charge in [0, 0.05) is 18.8 Å². The Bertz CT molecular complexity index is 881. The van der Waals surface area contributed by atoms with Crippen LogP contribution in [-0.4, -0.2) is 15.5 Å². The Kier molecular flexibility index (Phi) is 4.57. The second-order valence-electron chi connectivity index (χ2n) is 6.71. The minimum atomic E-state index is 0.0714. The van der Waals surface area contributed by atoms with Crippen LogP contribution in [0.1, 0.15) is 30.3 Å². The summed E-state index contributed by atoms with van der Waals surface area (Å²) in [6.45, 7) is 2.43. The van der Waals surface area contributed by atoms with Crippen LogP contribution in [0.4, 0.5) is 11.4 Å². The Morgan fingerprint density at radius 3 is 2.23 bits per heavy atom. The summed E-state index contributed by atoms with van der Waals surface area (Å²) in [5.41, 5.74) is 4.44. The van der Waals surface area contributed by atoms with E-state index in [1.165, 1.54) is 11.1 Å². The van der Waals surface area contributed by atoms with E-state index >= 15 is 0 Å². The molecule has 4 nitrogen and oxygen atoms in total. The number of fused-ring (bicyclic) bond motifs is 2. The quantitative estimate of drug-likeness (QED) is 0.707. The number of amides is 1. The van der Waals surface area contributed by atoms with E-state index in [0.717, 1.165) is 42.9 Å². The fourth-order valence-corrected chi connectivity index (χ4v) is 3.70. The molecule has 0 unspecified atom stereocenters. The van der Waals surface area contributed by atoms with Crippen molar-refractivity contribution in [2.45, 2.75) is 39.2 Å². The van der Waals surface area contributed by atoms with Gasteiger partial charge in [-0.25, -0.2) is 4.98 Å². The van der Waals surface area contributed by atoms with Crippen LogP contribution < -0.4 is 4.90 Å². The van der Waals surface area contributed by atoms with Gasteiger partial charge >= 0.3 is 0 Å². The van der Waals surface area contributed by atoms with Crippen LogP contribution in [0.5, 0.6) is 0 Å². The van der Waals surface area contributed by atoms with Crippen LogP contribution in [0.3, 0.4) is 0 Å². The molecule has 26 heavy (non-hydrogen) atoms. The predicted octanol–water partition coefficient (Wildman–Crippen LogP) is 4.30. The molecule has 3 aromatic rings. The van der Waals surface area contributed by atoms with E-state index in [0.29, 0.717) is 6.54 Å². The van der Waals surface area contributed by atoms with E-state index in [-0.39, 0.29) is 5.91 Å². The van der Waals surface area contributed by atoms with Gasteiger partial charge in [-0.2, -0.15) is 0 Å². The molecule has 0 atom stereocenters. The number of nitrogens with zero attached hydrogens (tertiary/aromatic N) is 3. The van der Waals surface area contributed by atoms with Crippen LogP contribution in [0, 0.1) is 0 Å². The first-order valence-corrected chi connectivity index (χ1v) is 9.26. The molecule has 4 heteroatoms. The highest BCUT2D eigenvalue weighted by Crippen LogP contribution is 2.36. The van der Waals surface area contributed by atoms with Gasteiger partial charge < -0.3 is 4.57 Å². The molecule has 4 rings (SSSR count). The number of rotatable bonds is 4. The first kappa shape index (κ1) is 16.6. The highest BCUT2D eigenvalue weighted by atomic mass is 16.2. The largest absolute Gasteiger partial charge is 0.325 e. The molecule has 0 bridgehead atoms. The number of hydrogen-bond acceptors (Lipinski definition) is 2. The molecule has 1 amide bonds. The molecule has 0 spiro atoms. The molecule has 1 aliphatic heterocycles. The summed E-state index contributed by atoms with van der Waals surface area (Å²) >= 11 is 0. The van der Waals surface area contributed by atoms with Gasteiger partial charge in [0.25, 0.3) is 5.91 Å². The monoisotopic (exact) mass is 345 g/mol. The third-order valence-electron chi connectivity index (χ3n) is 4.96. The molecule has 2 aromatic carbocycles. The molecule has 2 heterocycles. The van der Waals surface area contributed by atoms with Crippen LogP contribution >= 0.6 is 0 Å². The third kappa shape index (κ3) is 3.03. The Morgan fingerprint density at radius 1 is 1.00 bits per heavy atom. The van der Waals surface area contributed by atoms with Gasteiger partial charge in [0.15, 0.2) is 0 Å². The van der Waals surface area contributed by atoms with E-state index in [4.69, 9.17) is 0 Å². The van der Waals surface area contributed by atoms with E-state index in [2.05, 4.69) is 36.2 Å². The summed E-state index contributed by atoms with van der Waals surface area (Å²) in [5, 5.41) is 0. The normalized spacial score (nSPS) is 13.0. The Morgan fingerprint density at radius 2 is 1.62 bits per heavy atom. The zero-order valence-corrected chi connectivity index (χ0v) is 15.1. The minimum absolute atomic E-state index is 0.0714. The van der Waals surface area contributed by atoms with Crippen molar-refractivity contribution in [3.05, 3.63) is 77.9 Å². The average molecular weight is 345 g/mol. The molecule has 1 aromatic heterocycles. The van der Waals surface area contributed by atoms with Crippen LogP contribution in [0.15, 0.2) is 60.9 Å². The number of anilines is 2. The molecule has 1 aliphatic rings. The number of aromatic nitrogens is 2. The van der Waals surface area contributed by atoms with Crippen molar-refractivity contribution in [1.82, 2.24) is 9.55 Å². The highest BCUT2D eigenvalue weighted by Gasteiger charge is 2.25. The van der Waals surface area contributed by atoms with Crippen LogP contribution in [-0.2, 0) is 30.6 Å². The first-order valence-electron chi connectivity index (χ1n) is 9.26. The second kappa shape index (κ2) is 7.16. The molecule has 0 fully saturated rings. The lowest BCUT2D eigenvalue weighted by atomic mass is 10.0. The fourth-order valence-electron chi connectivity index (χ4n) is 3.70. The van der Waals surface area contributed by atoms with E-state index < -0.39 is 0 Å². The van der Waals surface area contributed by atoms with Crippen molar-refractivity contribution in [1.29, 1.82) is 0 Å². The zero-order chi connectivity index (χ0) is 17.9. The number of carbonyl (C=O) groups excluding carboxylic acids is 1. The maximum Gasteiger partial charge on any atom is 0.251 e. The first-order chi connectivity index (χ1) is 12.8. The fraction of sp³-hybridized carbons (Fsp3) is 0.273. The molecule has 132 valence electrons. The van der Waals surface area contributed by atoms with Crippen molar-refractivity contribution in [2.24, 2.45) is 0 Å². The minimum Gasteiger partial charge on any atom is -0.325 e. The Hall–Kier alpha value is -2.88. The van der Waals surface area contributed by atoms with Crippen LogP contribution in [0.25, 0.3) is 0 Å². The summed E-state index contributed by atoms with van der Waals surface area (Å²) in [6.07, 6.45) is 7.47. The average Bonchev–Trinajstić information content (AvgIpc) is 3.01. The van der Waals surface area contributed by atoms with Gasteiger partial charge in [-0.3, -0.25) is 9.69 Å². The van der Waals surface area contributed by atoms with Crippen LogP contribution in [0.2, 0.25) is 0 Å². The Labute approximate surface area is 154 Å². The number of carbonyl (C=O) groups is 1. The molecule has 0 saturated carbocycles. The predicted molar refractivity (Wildman–Crippen MR) is 104 cm³/mol. The topological polar surface area (TPSA) is 38.1 Å². The lowest BCUT2D eigenvalue weighted by molar-refractivity contribution is -0.118. The van der Waals surface area contributed by atoms with E-state index in [1.54, 1.807) is 6.20 Å². The lowest BCUT2D eigenvalue weighted by Crippen LogP contribution is -2.30. The van der Waals surface area contributed by atoms with Gasteiger partial charge in [0.2, 0.25) is 0 Å². The second-order valence-corrected chi connectivity index (χ2v) is 6.71. The smallest absolute Gasteiger partial charge is 0.251 e. The van der Waals surface area contributed by atoms with Gasteiger partial charge in [-0.15, -0.1) is 0 Å². The standard InChI is InChI=1S/C22H23N3O/c1-2-7-21-23-14-15-24(21)16-22(26)25-19-10-5-3-8-17(19)12-13-18-9-4-6-11-20(18)25/h3-6,8-11,14-15H,2,7,12-13,16H2,1H3. The Balaban J connectivity index is 1.74. The van der Waals surface area contributed by atoms with Gasteiger partial charge in [-0.1, -0.05) is 43.3 Å². The van der Waals surface area contributed by atoms with Crippen molar-refractivity contribution in [3.63, 3.8) is 0 Å². The molecular formula is C22H23N3O. The van der Waals surface area contributed by atoms with Gasteiger partial charge in [0.1, 0.15) is 12.4 Å². The number of benzene rings is 2. The summed E-state index contributed by atoms with van der Waals surface area (Å²) in [4.78, 5) is 19.7. The number of hydrogen-bond donors (Lipinski definition) is 0. The molecular weight excluding hydrogens is 322 g/mol. The van der Waals surface area contributed by atoms with Crippen molar-refractivity contribution in [3.8, 4) is 0 Å². The highest BCUT2D eigenvalue weighted by molar-refractivity contribution is 6.02. The van der Waals surface area contributed by atoms with Gasteiger partial charge in [0.05, 0.1) is 11.4 Å². The zero-order valence-electron chi connectivity index (χ0n) is 15.1. The molecule has 0 saturated heterocycles. The number of imidazole rings is 1. The third-order valence-corrected chi connectivity index (χ3v) is 4.96. The van der Waals surface area contributed by atoms with E-state index in [1.807, 2.05) is 39.9 Å². The number of para-hydroxylation sites is 2. The molecule has 0 radical (unpaired) electrons. The maximum absolute atomic E-state index is 13.4. The van der Waals surface area contributed by atoms with E-state index in [9.17, 15) is 4.79 Å². The molecule has 0 N–H and O–H groups in total.